The highest BCUT2D eigenvalue weighted by molar-refractivity contribution is 6.25. The van der Waals surface area contributed by atoms with Crippen LogP contribution < -0.4 is 4.74 Å². The van der Waals surface area contributed by atoms with E-state index in [1.807, 2.05) is 12.1 Å². The second-order valence-electron chi connectivity index (χ2n) is 2.87. The van der Waals surface area contributed by atoms with Gasteiger partial charge in [-0.1, -0.05) is 23.7 Å². The third kappa shape index (κ3) is 2.78. The lowest BCUT2D eigenvalue weighted by molar-refractivity contribution is 0.360. The number of halogens is 1. The Hall–Kier alpha value is -0.950. The molecule has 0 atom stereocenters. The first-order valence-electron chi connectivity index (χ1n) is 4.20. The molecule has 0 aromatic heterocycles. The molecule has 1 nitrogen and oxygen atoms in total. The fraction of sp³-hybridized carbons (Fsp3) is 0.273. The van der Waals surface area contributed by atoms with Crippen molar-refractivity contribution in [3.8, 4) is 5.75 Å². The first kappa shape index (κ1) is 10.1. The van der Waals surface area contributed by atoms with Gasteiger partial charge in [0, 0.05) is 5.54 Å². The van der Waals surface area contributed by atoms with Crippen LogP contribution >= 0.6 is 11.6 Å². The molecule has 2 heteroatoms. The van der Waals surface area contributed by atoms with Crippen molar-refractivity contribution in [2.24, 2.45) is 0 Å². The fourth-order valence-corrected chi connectivity index (χ4v) is 1.13. The summed E-state index contributed by atoms with van der Waals surface area (Å²) in [5, 5.41) is 0. The zero-order valence-corrected chi connectivity index (χ0v) is 8.64. The molecule has 0 unspecified atom stereocenters. The van der Waals surface area contributed by atoms with Crippen LogP contribution in [0.2, 0.25) is 0 Å². The predicted octanol–water partition coefficient (Wildman–Crippen LogP) is 3.43. The largest absolute Gasteiger partial charge is 0.489 e. The van der Waals surface area contributed by atoms with Gasteiger partial charge in [-0.2, -0.15) is 0 Å². The van der Waals surface area contributed by atoms with Crippen LogP contribution in [0.4, 0.5) is 0 Å². The van der Waals surface area contributed by atoms with Crippen molar-refractivity contribution < 1.29 is 4.74 Å². The molecule has 0 spiro atoms. The van der Waals surface area contributed by atoms with Crippen molar-refractivity contribution in [1.82, 2.24) is 0 Å². The van der Waals surface area contributed by atoms with Gasteiger partial charge in [-0.15, -0.1) is 0 Å². The van der Waals surface area contributed by atoms with Crippen LogP contribution in [0.1, 0.15) is 11.1 Å². The topological polar surface area (TPSA) is 9.23 Å². The van der Waals surface area contributed by atoms with Crippen LogP contribution in [0, 0.1) is 13.8 Å². The summed E-state index contributed by atoms with van der Waals surface area (Å²) in [5.41, 5.74) is 3.89. The zero-order chi connectivity index (χ0) is 9.68. The normalized spacial score (nSPS) is 10.7. The molecule has 0 heterocycles. The van der Waals surface area contributed by atoms with Crippen LogP contribution in [0.25, 0.3) is 0 Å². The second-order valence-corrected chi connectivity index (χ2v) is 3.12. The standard InChI is InChI=1S/C11H13ClO/c1-9-5-3-6-11(10(9)2)13-8-4-7-12/h3-7H,8H2,1-2H3/b7-4+. The van der Waals surface area contributed by atoms with E-state index < -0.39 is 0 Å². The maximum absolute atomic E-state index is 5.49. The molecule has 1 rings (SSSR count). The Labute approximate surface area is 84.0 Å². The van der Waals surface area contributed by atoms with E-state index in [1.165, 1.54) is 16.7 Å². The van der Waals surface area contributed by atoms with Crippen LogP contribution in [0.15, 0.2) is 29.8 Å². The van der Waals surface area contributed by atoms with E-state index in [0.717, 1.165) is 5.75 Å². The fourth-order valence-electron chi connectivity index (χ4n) is 1.05. The third-order valence-electron chi connectivity index (χ3n) is 1.98. The number of rotatable bonds is 3. The van der Waals surface area contributed by atoms with Gasteiger partial charge < -0.3 is 4.74 Å². The first-order chi connectivity index (χ1) is 6.25. The summed E-state index contributed by atoms with van der Waals surface area (Å²) in [6.45, 7) is 4.64. The van der Waals surface area contributed by atoms with Crippen LogP contribution in [0.3, 0.4) is 0 Å². The highest BCUT2D eigenvalue weighted by atomic mass is 35.5. The number of hydrogen-bond donors (Lipinski definition) is 0. The van der Waals surface area contributed by atoms with Crippen molar-refractivity contribution in [3.05, 3.63) is 40.9 Å². The van der Waals surface area contributed by atoms with Gasteiger partial charge in [0.2, 0.25) is 0 Å². The van der Waals surface area contributed by atoms with Crippen molar-refractivity contribution in [2.75, 3.05) is 6.61 Å². The quantitative estimate of drug-likeness (QED) is 0.720. The van der Waals surface area contributed by atoms with Gasteiger partial charge >= 0.3 is 0 Å². The Morgan fingerprint density at radius 2 is 2.15 bits per heavy atom. The molecular weight excluding hydrogens is 184 g/mol. The van der Waals surface area contributed by atoms with E-state index in [1.54, 1.807) is 6.08 Å². The number of hydrogen-bond acceptors (Lipinski definition) is 1. The lowest BCUT2D eigenvalue weighted by atomic mass is 10.1. The molecule has 0 saturated carbocycles. The summed E-state index contributed by atoms with van der Waals surface area (Å²) in [4.78, 5) is 0. The third-order valence-corrected chi connectivity index (χ3v) is 2.16. The first-order valence-corrected chi connectivity index (χ1v) is 4.63. The van der Waals surface area contributed by atoms with Gasteiger partial charge in [0.15, 0.2) is 0 Å². The molecular formula is C11H13ClO. The minimum Gasteiger partial charge on any atom is -0.489 e. The smallest absolute Gasteiger partial charge is 0.122 e. The van der Waals surface area contributed by atoms with Gasteiger partial charge in [0.25, 0.3) is 0 Å². The molecule has 1 aromatic carbocycles. The summed E-state index contributed by atoms with van der Waals surface area (Å²) in [5.74, 6) is 0.926. The Bertz CT molecular complexity index is 305. The SMILES string of the molecule is Cc1cccc(OC/C=C/Cl)c1C. The molecule has 0 aliphatic carbocycles. The number of benzene rings is 1. The van der Waals surface area contributed by atoms with Crippen molar-refractivity contribution in [2.45, 2.75) is 13.8 Å². The molecule has 0 bridgehead atoms. The monoisotopic (exact) mass is 196 g/mol. The summed E-state index contributed by atoms with van der Waals surface area (Å²) >= 11 is 5.38. The van der Waals surface area contributed by atoms with Gasteiger partial charge in [0.1, 0.15) is 12.4 Å². The predicted molar refractivity (Wildman–Crippen MR) is 56.4 cm³/mol. The van der Waals surface area contributed by atoms with Gasteiger partial charge in [0.05, 0.1) is 0 Å². The van der Waals surface area contributed by atoms with Crippen molar-refractivity contribution >= 4 is 11.6 Å². The van der Waals surface area contributed by atoms with Crippen molar-refractivity contribution in [3.63, 3.8) is 0 Å². The Morgan fingerprint density at radius 3 is 2.85 bits per heavy atom. The van der Waals surface area contributed by atoms with Gasteiger partial charge in [-0.3, -0.25) is 0 Å². The molecule has 0 N–H and O–H groups in total. The number of ether oxygens (including phenoxy) is 1. The lowest BCUT2D eigenvalue weighted by Crippen LogP contribution is -1.96. The summed E-state index contributed by atoms with van der Waals surface area (Å²) in [7, 11) is 0. The molecule has 0 saturated heterocycles. The average Bonchev–Trinajstić information content (AvgIpc) is 2.13. The average molecular weight is 197 g/mol. The molecule has 0 aliphatic heterocycles. The summed E-state index contributed by atoms with van der Waals surface area (Å²) < 4.78 is 5.49. The van der Waals surface area contributed by atoms with Crippen molar-refractivity contribution in [1.29, 1.82) is 0 Å². The summed E-state index contributed by atoms with van der Waals surface area (Å²) in [6, 6.07) is 6.02. The molecule has 0 aliphatic rings. The van der Waals surface area contributed by atoms with E-state index in [0.29, 0.717) is 6.61 Å². The van der Waals surface area contributed by atoms with Gasteiger partial charge in [-0.25, -0.2) is 0 Å². The highest BCUT2D eigenvalue weighted by Crippen LogP contribution is 2.20. The Balaban J connectivity index is 2.71. The Morgan fingerprint density at radius 1 is 1.38 bits per heavy atom. The second kappa shape index (κ2) is 4.93. The maximum Gasteiger partial charge on any atom is 0.122 e. The molecule has 0 fully saturated rings. The van der Waals surface area contributed by atoms with Gasteiger partial charge in [-0.05, 0) is 37.1 Å². The molecule has 0 radical (unpaired) electrons. The molecule has 70 valence electrons. The molecule has 1 aromatic rings. The minimum absolute atomic E-state index is 0.522. The van der Waals surface area contributed by atoms with Crippen LogP contribution in [0.5, 0.6) is 5.75 Å². The highest BCUT2D eigenvalue weighted by Gasteiger charge is 1.99. The Kier molecular flexibility index (Phi) is 3.84. The number of aryl methyl sites for hydroxylation is 1. The lowest BCUT2D eigenvalue weighted by Gasteiger charge is -2.08. The summed E-state index contributed by atoms with van der Waals surface area (Å²) in [6.07, 6.45) is 1.77. The van der Waals surface area contributed by atoms with E-state index in [4.69, 9.17) is 16.3 Å². The van der Waals surface area contributed by atoms with Crippen LogP contribution in [-0.4, -0.2) is 6.61 Å². The molecule has 13 heavy (non-hydrogen) atoms. The van der Waals surface area contributed by atoms with E-state index >= 15 is 0 Å². The van der Waals surface area contributed by atoms with E-state index in [-0.39, 0.29) is 0 Å². The van der Waals surface area contributed by atoms with E-state index in [9.17, 15) is 0 Å². The minimum atomic E-state index is 0.522. The molecule has 0 amide bonds. The maximum atomic E-state index is 5.49. The van der Waals surface area contributed by atoms with Crippen LogP contribution in [-0.2, 0) is 0 Å². The zero-order valence-electron chi connectivity index (χ0n) is 7.88. The van der Waals surface area contributed by atoms with E-state index in [2.05, 4.69) is 19.9 Å².